The van der Waals surface area contributed by atoms with Crippen LogP contribution >= 0.6 is 11.6 Å². The van der Waals surface area contributed by atoms with Crippen LogP contribution in [0.2, 0.25) is 0 Å². The topological polar surface area (TPSA) is 30.3 Å². The molecule has 1 saturated heterocycles. The molecule has 2 aromatic rings. The van der Waals surface area contributed by atoms with Crippen molar-refractivity contribution in [1.82, 2.24) is 14.5 Å². The number of hydrogen-bond donors (Lipinski definition) is 0. The van der Waals surface area contributed by atoms with Crippen molar-refractivity contribution in [2.45, 2.75) is 24.9 Å². The molecule has 0 radical (unpaired) electrons. The van der Waals surface area contributed by atoms with Crippen LogP contribution in [-0.2, 0) is 11.3 Å². The molecule has 3 rings (SSSR count). The summed E-state index contributed by atoms with van der Waals surface area (Å²) in [7, 11) is 2.13. The average molecular weight is 294 g/mol. The maximum Gasteiger partial charge on any atom is 0.127 e. The van der Waals surface area contributed by atoms with Gasteiger partial charge in [-0.05, 0) is 26.1 Å². The Hall–Kier alpha value is -1.10. The van der Waals surface area contributed by atoms with Gasteiger partial charge in [0.15, 0.2) is 0 Å². The van der Waals surface area contributed by atoms with Crippen LogP contribution in [0, 0.1) is 0 Å². The lowest BCUT2D eigenvalue weighted by Crippen LogP contribution is -2.42. The minimum atomic E-state index is -0.108. The van der Waals surface area contributed by atoms with Crippen molar-refractivity contribution in [2.24, 2.45) is 0 Å². The van der Waals surface area contributed by atoms with Crippen molar-refractivity contribution in [2.75, 3.05) is 26.7 Å². The van der Waals surface area contributed by atoms with Crippen molar-refractivity contribution in [3.63, 3.8) is 0 Å². The molecule has 0 saturated carbocycles. The Bertz CT molecular complexity index is 596. The van der Waals surface area contributed by atoms with Gasteiger partial charge in [-0.1, -0.05) is 12.1 Å². The standard InChI is InChI=1S/C15H20ClN3O/c1-11(16)15-17-13-5-3-4-6-14(13)19(15)10-12-9-18(2)7-8-20-12/h3-6,11-12H,7-10H2,1-2H3. The van der Waals surface area contributed by atoms with E-state index >= 15 is 0 Å². The molecule has 20 heavy (non-hydrogen) atoms. The summed E-state index contributed by atoms with van der Waals surface area (Å²) in [5, 5.41) is -0.108. The van der Waals surface area contributed by atoms with Gasteiger partial charge in [0.05, 0.1) is 35.7 Å². The SMILES string of the molecule is CC(Cl)c1nc2ccccc2n1CC1CN(C)CCO1. The number of morpholine rings is 1. The summed E-state index contributed by atoms with van der Waals surface area (Å²) in [6, 6.07) is 8.17. The number of nitrogens with zero attached hydrogens (tertiary/aromatic N) is 3. The third kappa shape index (κ3) is 2.68. The van der Waals surface area contributed by atoms with Gasteiger partial charge in [0.25, 0.3) is 0 Å². The lowest BCUT2D eigenvalue weighted by molar-refractivity contribution is -0.0272. The lowest BCUT2D eigenvalue weighted by Gasteiger charge is -2.30. The molecular formula is C15H20ClN3O. The number of alkyl halides is 1. The highest BCUT2D eigenvalue weighted by molar-refractivity contribution is 6.20. The minimum Gasteiger partial charge on any atom is -0.374 e. The van der Waals surface area contributed by atoms with E-state index in [2.05, 4.69) is 27.6 Å². The summed E-state index contributed by atoms with van der Waals surface area (Å²) in [6.45, 7) is 5.51. The molecule has 0 N–H and O–H groups in total. The van der Waals surface area contributed by atoms with Gasteiger partial charge >= 0.3 is 0 Å². The zero-order valence-electron chi connectivity index (χ0n) is 11.9. The van der Waals surface area contributed by atoms with E-state index in [9.17, 15) is 0 Å². The number of halogens is 1. The van der Waals surface area contributed by atoms with Crippen molar-refractivity contribution in [3.05, 3.63) is 30.1 Å². The molecule has 2 unspecified atom stereocenters. The molecule has 1 fully saturated rings. The first-order chi connectivity index (χ1) is 9.65. The molecule has 2 heterocycles. The Morgan fingerprint density at radius 2 is 2.25 bits per heavy atom. The van der Waals surface area contributed by atoms with Gasteiger partial charge in [-0.2, -0.15) is 0 Å². The number of para-hydroxylation sites is 2. The monoisotopic (exact) mass is 293 g/mol. The second kappa shape index (κ2) is 5.72. The first kappa shape index (κ1) is 13.9. The van der Waals surface area contributed by atoms with Gasteiger partial charge in [-0.3, -0.25) is 0 Å². The quantitative estimate of drug-likeness (QED) is 0.815. The largest absolute Gasteiger partial charge is 0.374 e. The number of likely N-dealkylation sites (N-methyl/N-ethyl adjacent to an activating group) is 1. The second-order valence-corrected chi connectivity index (χ2v) is 6.10. The normalized spacial score (nSPS) is 22.2. The number of benzene rings is 1. The number of imidazole rings is 1. The Morgan fingerprint density at radius 1 is 1.45 bits per heavy atom. The van der Waals surface area contributed by atoms with Crippen LogP contribution in [0.4, 0.5) is 0 Å². The Morgan fingerprint density at radius 3 is 3.00 bits per heavy atom. The molecule has 0 bridgehead atoms. The van der Waals surface area contributed by atoms with E-state index in [-0.39, 0.29) is 11.5 Å². The van der Waals surface area contributed by atoms with Crippen LogP contribution in [0.3, 0.4) is 0 Å². The highest BCUT2D eigenvalue weighted by atomic mass is 35.5. The fourth-order valence-corrected chi connectivity index (χ4v) is 2.94. The minimum absolute atomic E-state index is 0.108. The highest BCUT2D eigenvalue weighted by Crippen LogP contribution is 2.25. The van der Waals surface area contributed by atoms with Crippen LogP contribution in [0.1, 0.15) is 18.1 Å². The summed E-state index contributed by atoms with van der Waals surface area (Å²) in [4.78, 5) is 6.96. The first-order valence-corrected chi connectivity index (χ1v) is 7.48. The van der Waals surface area contributed by atoms with Gasteiger partial charge in [0.1, 0.15) is 5.82 Å². The van der Waals surface area contributed by atoms with Crippen LogP contribution in [0.5, 0.6) is 0 Å². The zero-order valence-corrected chi connectivity index (χ0v) is 12.7. The summed E-state index contributed by atoms with van der Waals surface area (Å²) in [6.07, 6.45) is 0.195. The molecule has 0 aliphatic carbocycles. The van der Waals surface area contributed by atoms with Gasteiger partial charge in [0.2, 0.25) is 0 Å². The molecule has 1 aliphatic rings. The Kier molecular flexibility index (Phi) is 3.96. The van der Waals surface area contributed by atoms with E-state index in [1.165, 1.54) is 0 Å². The van der Waals surface area contributed by atoms with E-state index in [1.807, 2.05) is 25.1 Å². The van der Waals surface area contributed by atoms with E-state index in [0.717, 1.165) is 43.1 Å². The third-order valence-electron chi connectivity index (χ3n) is 3.77. The summed E-state index contributed by atoms with van der Waals surface area (Å²) in [5.74, 6) is 0.921. The van der Waals surface area contributed by atoms with Crippen LogP contribution in [0.25, 0.3) is 11.0 Å². The van der Waals surface area contributed by atoms with Gasteiger partial charge in [-0.25, -0.2) is 4.98 Å². The number of rotatable bonds is 3. The molecule has 2 atom stereocenters. The van der Waals surface area contributed by atoms with Crippen molar-refractivity contribution in [3.8, 4) is 0 Å². The fraction of sp³-hybridized carbons (Fsp3) is 0.533. The maximum atomic E-state index is 6.29. The number of ether oxygens (including phenoxy) is 1. The molecule has 108 valence electrons. The van der Waals surface area contributed by atoms with Crippen LogP contribution < -0.4 is 0 Å². The number of aromatic nitrogens is 2. The molecule has 5 heteroatoms. The fourth-order valence-electron chi connectivity index (χ4n) is 2.77. The molecule has 1 aromatic heterocycles. The third-order valence-corrected chi connectivity index (χ3v) is 3.96. The molecule has 0 amide bonds. The smallest absolute Gasteiger partial charge is 0.127 e. The van der Waals surface area contributed by atoms with Gasteiger partial charge in [-0.15, -0.1) is 11.6 Å². The first-order valence-electron chi connectivity index (χ1n) is 7.04. The van der Waals surface area contributed by atoms with Crippen LogP contribution in [0.15, 0.2) is 24.3 Å². The molecule has 1 aliphatic heterocycles. The van der Waals surface area contributed by atoms with Crippen molar-refractivity contribution < 1.29 is 4.74 Å². The van der Waals surface area contributed by atoms with E-state index in [0.29, 0.717) is 0 Å². The number of hydrogen-bond acceptors (Lipinski definition) is 3. The van der Waals surface area contributed by atoms with E-state index in [4.69, 9.17) is 16.3 Å². The molecule has 4 nitrogen and oxygen atoms in total. The van der Waals surface area contributed by atoms with E-state index in [1.54, 1.807) is 0 Å². The van der Waals surface area contributed by atoms with Crippen molar-refractivity contribution >= 4 is 22.6 Å². The van der Waals surface area contributed by atoms with Gasteiger partial charge in [0, 0.05) is 13.1 Å². The predicted octanol–water partition coefficient (Wildman–Crippen LogP) is 2.67. The predicted molar refractivity (Wildman–Crippen MR) is 81.2 cm³/mol. The summed E-state index contributed by atoms with van der Waals surface area (Å²) >= 11 is 6.29. The van der Waals surface area contributed by atoms with Crippen molar-refractivity contribution in [1.29, 1.82) is 0 Å². The highest BCUT2D eigenvalue weighted by Gasteiger charge is 2.22. The summed E-state index contributed by atoms with van der Waals surface area (Å²) < 4.78 is 8.08. The number of fused-ring (bicyclic) bond motifs is 1. The average Bonchev–Trinajstić information content (AvgIpc) is 2.78. The molecule has 1 aromatic carbocycles. The molecular weight excluding hydrogens is 274 g/mol. The maximum absolute atomic E-state index is 6.29. The van der Waals surface area contributed by atoms with Crippen LogP contribution in [-0.4, -0.2) is 47.3 Å². The van der Waals surface area contributed by atoms with E-state index < -0.39 is 0 Å². The second-order valence-electron chi connectivity index (χ2n) is 5.44. The van der Waals surface area contributed by atoms with Gasteiger partial charge < -0.3 is 14.2 Å². The molecule has 0 spiro atoms. The zero-order chi connectivity index (χ0) is 14.1. The Labute approximate surface area is 124 Å². The lowest BCUT2D eigenvalue weighted by atomic mass is 10.2. The Balaban J connectivity index is 1.94. The summed E-state index contributed by atoms with van der Waals surface area (Å²) in [5.41, 5.74) is 2.13.